The van der Waals surface area contributed by atoms with Crippen LogP contribution in [-0.2, 0) is 6.54 Å². The summed E-state index contributed by atoms with van der Waals surface area (Å²) in [5, 5.41) is 13.5. The summed E-state index contributed by atoms with van der Waals surface area (Å²) in [5.74, 6) is 0.122. The fraction of sp³-hybridized carbons (Fsp3) is 0.350. The van der Waals surface area contributed by atoms with Crippen LogP contribution in [0.15, 0.2) is 41.2 Å². The lowest BCUT2D eigenvalue weighted by atomic mass is 10.0. The smallest absolute Gasteiger partial charge is 0.256 e. The quantitative estimate of drug-likeness (QED) is 0.706. The lowest BCUT2D eigenvalue weighted by Crippen LogP contribution is -2.38. The van der Waals surface area contributed by atoms with E-state index in [0.717, 1.165) is 30.2 Å². The van der Waals surface area contributed by atoms with Crippen LogP contribution in [0.4, 0.5) is 0 Å². The van der Waals surface area contributed by atoms with Crippen molar-refractivity contribution in [2.75, 3.05) is 6.54 Å². The van der Waals surface area contributed by atoms with Gasteiger partial charge in [0.05, 0.1) is 11.1 Å². The SMILES string of the molecule is CC1CCCCN1Cc1c(O)c2ccc3ccccc3c2[nH]c1=O. The molecule has 0 bridgehead atoms. The van der Waals surface area contributed by atoms with Crippen molar-refractivity contribution in [1.82, 2.24) is 9.88 Å². The van der Waals surface area contributed by atoms with Gasteiger partial charge in [-0.1, -0.05) is 36.8 Å². The number of aromatic hydroxyl groups is 1. The zero-order valence-electron chi connectivity index (χ0n) is 13.9. The van der Waals surface area contributed by atoms with Gasteiger partial charge in [0.1, 0.15) is 5.75 Å². The van der Waals surface area contributed by atoms with E-state index in [-0.39, 0.29) is 11.3 Å². The van der Waals surface area contributed by atoms with Gasteiger partial charge in [-0.3, -0.25) is 9.69 Å². The molecule has 1 aliphatic heterocycles. The Labute approximate surface area is 140 Å². The second-order valence-electron chi connectivity index (χ2n) is 6.81. The summed E-state index contributed by atoms with van der Waals surface area (Å²) in [5.41, 5.74) is 1.01. The molecule has 24 heavy (non-hydrogen) atoms. The predicted molar refractivity (Wildman–Crippen MR) is 97.5 cm³/mol. The van der Waals surface area contributed by atoms with Crippen LogP contribution in [0.3, 0.4) is 0 Å². The van der Waals surface area contributed by atoms with E-state index in [1.54, 1.807) is 0 Å². The number of hydrogen-bond donors (Lipinski definition) is 2. The zero-order chi connectivity index (χ0) is 16.7. The standard InChI is InChI=1S/C20H22N2O2/c1-13-6-4-5-11-22(13)12-17-19(23)16-10-9-14-7-2-3-8-15(14)18(16)21-20(17)24/h2-3,7-10,13H,4-6,11-12H2,1H3,(H2,21,23,24). The third-order valence-corrected chi connectivity index (χ3v) is 5.28. The van der Waals surface area contributed by atoms with Crippen LogP contribution in [0.1, 0.15) is 31.7 Å². The zero-order valence-corrected chi connectivity index (χ0v) is 13.9. The van der Waals surface area contributed by atoms with Crippen molar-refractivity contribution in [2.45, 2.75) is 38.8 Å². The molecule has 4 nitrogen and oxygen atoms in total. The second-order valence-corrected chi connectivity index (χ2v) is 6.81. The molecule has 0 saturated carbocycles. The molecule has 3 aromatic rings. The average molecular weight is 322 g/mol. The first-order chi connectivity index (χ1) is 11.6. The summed E-state index contributed by atoms with van der Waals surface area (Å²) in [4.78, 5) is 17.9. The van der Waals surface area contributed by atoms with E-state index in [4.69, 9.17) is 0 Å². The van der Waals surface area contributed by atoms with E-state index in [9.17, 15) is 9.90 Å². The number of nitrogens with zero attached hydrogens (tertiary/aromatic N) is 1. The minimum Gasteiger partial charge on any atom is -0.507 e. The van der Waals surface area contributed by atoms with Crippen LogP contribution in [0, 0.1) is 0 Å². The Bertz CT molecular complexity index is 961. The Morgan fingerprint density at radius 2 is 2.00 bits per heavy atom. The van der Waals surface area contributed by atoms with Gasteiger partial charge in [-0.2, -0.15) is 0 Å². The molecule has 4 heteroatoms. The normalized spacial score (nSPS) is 19.1. The molecule has 0 amide bonds. The van der Waals surface area contributed by atoms with Crippen LogP contribution in [0.2, 0.25) is 0 Å². The van der Waals surface area contributed by atoms with Crippen molar-refractivity contribution in [1.29, 1.82) is 0 Å². The van der Waals surface area contributed by atoms with E-state index in [2.05, 4.69) is 16.8 Å². The number of H-pyrrole nitrogens is 1. The minimum absolute atomic E-state index is 0.122. The van der Waals surface area contributed by atoms with E-state index >= 15 is 0 Å². The highest BCUT2D eigenvalue weighted by atomic mass is 16.3. The minimum atomic E-state index is -0.186. The Hall–Kier alpha value is -2.33. The first-order valence-corrected chi connectivity index (χ1v) is 8.65. The number of benzene rings is 2. The molecule has 1 unspecified atom stereocenters. The fourth-order valence-electron chi connectivity index (χ4n) is 3.80. The fourth-order valence-corrected chi connectivity index (χ4v) is 3.80. The Kier molecular flexibility index (Phi) is 3.77. The number of pyridine rings is 1. The van der Waals surface area contributed by atoms with E-state index in [1.807, 2.05) is 36.4 Å². The first kappa shape index (κ1) is 15.2. The van der Waals surface area contributed by atoms with E-state index in [0.29, 0.717) is 29.1 Å². The molecule has 1 aromatic heterocycles. The van der Waals surface area contributed by atoms with E-state index in [1.165, 1.54) is 6.42 Å². The summed E-state index contributed by atoms with van der Waals surface area (Å²) in [6.45, 7) is 3.68. The van der Waals surface area contributed by atoms with Gasteiger partial charge in [0.25, 0.3) is 5.56 Å². The average Bonchev–Trinajstić information content (AvgIpc) is 2.60. The molecule has 124 valence electrons. The van der Waals surface area contributed by atoms with Gasteiger partial charge >= 0.3 is 0 Å². The van der Waals surface area contributed by atoms with Gasteiger partial charge in [-0.05, 0) is 37.8 Å². The molecule has 2 aromatic carbocycles. The van der Waals surface area contributed by atoms with Crippen LogP contribution in [0.25, 0.3) is 21.7 Å². The lowest BCUT2D eigenvalue weighted by Gasteiger charge is -2.33. The summed E-state index contributed by atoms with van der Waals surface area (Å²) >= 11 is 0. The Morgan fingerprint density at radius 1 is 1.17 bits per heavy atom. The number of fused-ring (bicyclic) bond motifs is 3. The van der Waals surface area contributed by atoms with Gasteiger partial charge in [-0.15, -0.1) is 0 Å². The number of hydrogen-bond acceptors (Lipinski definition) is 3. The highest BCUT2D eigenvalue weighted by molar-refractivity contribution is 6.07. The number of aromatic nitrogens is 1. The summed E-state index contributed by atoms with van der Waals surface area (Å²) in [6, 6.07) is 12.2. The van der Waals surface area contributed by atoms with Gasteiger partial charge in [0.2, 0.25) is 0 Å². The molecule has 1 fully saturated rings. The van der Waals surface area contributed by atoms with Crippen molar-refractivity contribution < 1.29 is 5.11 Å². The Balaban J connectivity index is 1.85. The summed E-state index contributed by atoms with van der Waals surface area (Å²) in [7, 11) is 0. The maximum Gasteiger partial charge on any atom is 0.256 e. The lowest BCUT2D eigenvalue weighted by molar-refractivity contribution is 0.151. The summed E-state index contributed by atoms with van der Waals surface area (Å²) in [6.07, 6.45) is 3.54. The van der Waals surface area contributed by atoms with Gasteiger partial charge < -0.3 is 10.1 Å². The molecule has 1 atom stereocenters. The van der Waals surface area contributed by atoms with Crippen LogP contribution < -0.4 is 5.56 Å². The van der Waals surface area contributed by atoms with E-state index < -0.39 is 0 Å². The van der Waals surface area contributed by atoms with Crippen molar-refractivity contribution >= 4 is 21.7 Å². The van der Waals surface area contributed by atoms with Crippen molar-refractivity contribution in [2.24, 2.45) is 0 Å². The van der Waals surface area contributed by atoms with Crippen molar-refractivity contribution in [3.05, 3.63) is 52.3 Å². The molecule has 0 spiro atoms. The number of nitrogens with one attached hydrogen (secondary N) is 1. The van der Waals surface area contributed by atoms with Crippen LogP contribution >= 0.6 is 0 Å². The van der Waals surface area contributed by atoms with Crippen LogP contribution in [0.5, 0.6) is 5.75 Å². The number of piperidine rings is 1. The van der Waals surface area contributed by atoms with Gasteiger partial charge in [0, 0.05) is 23.4 Å². The number of rotatable bonds is 2. The van der Waals surface area contributed by atoms with Crippen molar-refractivity contribution in [3.8, 4) is 5.75 Å². The highest BCUT2D eigenvalue weighted by Crippen LogP contribution is 2.31. The topological polar surface area (TPSA) is 56.3 Å². The van der Waals surface area contributed by atoms with Gasteiger partial charge in [-0.25, -0.2) is 0 Å². The number of likely N-dealkylation sites (tertiary alicyclic amines) is 1. The second kappa shape index (κ2) is 5.95. The maximum atomic E-state index is 12.6. The third-order valence-electron chi connectivity index (χ3n) is 5.28. The first-order valence-electron chi connectivity index (χ1n) is 8.65. The molecule has 4 rings (SSSR count). The molecular formula is C20H22N2O2. The maximum absolute atomic E-state index is 12.6. The van der Waals surface area contributed by atoms with Crippen LogP contribution in [-0.4, -0.2) is 27.6 Å². The molecule has 0 radical (unpaired) electrons. The largest absolute Gasteiger partial charge is 0.507 e. The highest BCUT2D eigenvalue weighted by Gasteiger charge is 2.22. The molecule has 0 aliphatic carbocycles. The summed E-state index contributed by atoms with van der Waals surface area (Å²) < 4.78 is 0. The Morgan fingerprint density at radius 3 is 2.83 bits per heavy atom. The predicted octanol–water partition coefficient (Wildman–Crippen LogP) is 3.76. The molecule has 2 N–H and O–H groups in total. The molecule has 2 heterocycles. The van der Waals surface area contributed by atoms with Crippen molar-refractivity contribution in [3.63, 3.8) is 0 Å². The third kappa shape index (κ3) is 2.47. The monoisotopic (exact) mass is 322 g/mol. The molecule has 1 aliphatic rings. The number of aromatic amines is 1. The van der Waals surface area contributed by atoms with Gasteiger partial charge in [0.15, 0.2) is 0 Å². The molecule has 1 saturated heterocycles. The molecular weight excluding hydrogens is 300 g/mol.